The van der Waals surface area contributed by atoms with Gasteiger partial charge in [-0.2, -0.15) is 5.10 Å². The van der Waals surface area contributed by atoms with Gasteiger partial charge >= 0.3 is 0 Å². The van der Waals surface area contributed by atoms with E-state index in [-0.39, 0.29) is 5.75 Å². The Hall–Kier alpha value is -2.87. The number of hydrogen-bond acceptors (Lipinski definition) is 6. The third-order valence-electron chi connectivity index (χ3n) is 5.33. The molecular formula is C23H28N4O3. The van der Waals surface area contributed by atoms with Gasteiger partial charge in [0.1, 0.15) is 17.7 Å². The van der Waals surface area contributed by atoms with Crippen molar-refractivity contribution >= 4 is 10.9 Å². The molecule has 3 N–H and O–H groups in total. The van der Waals surface area contributed by atoms with E-state index in [0.717, 1.165) is 47.4 Å². The molecule has 2 heterocycles. The SMILES string of the molecule is CN(C)C/C=C/C(O)N1CC(COc2cc(-c3ccc(O)cc3)cc3[nH]ncc23)C1. The van der Waals surface area contributed by atoms with Crippen LogP contribution in [0.1, 0.15) is 0 Å². The first-order valence-corrected chi connectivity index (χ1v) is 10.1. The lowest BCUT2D eigenvalue weighted by atomic mass is 10.0. The van der Waals surface area contributed by atoms with Crippen molar-refractivity contribution in [1.29, 1.82) is 0 Å². The lowest BCUT2D eigenvalue weighted by Gasteiger charge is -2.41. The third-order valence-corrected chi connectivity index (χ3v) is 5.33. The number of aliphatic hydroxyl groups excluding tert-OH is 1. The summed E-state index contributed by atoms with van der Waals surface area (Å²) in [5.41, 5.74) is 2.90. The average molecular weight is 409 g/mol. The largest absolute Gasteiger partial charge is 0.508 e. The molecule has 1 atom stereocenters. The molecule has 0 bridgehead atoms. The summed E-state index contributed by atoms with van der Waals surface area (Å²) in [6, 6.07) is 11.2. The number of fused-ring (bicyclic) bond motifs is 1. The number of aliphatic hydroxyl groups is 1. The standard InChI is InChI=1S/C23H28N4O3/c1-26(2)9-3-4-23(29)27-13-16(14-27)15-30-22-11-18(10-21-20(22)12-24-25-21)17-5-7-19(28)8-6-17/h3-8,10-12,16,23,28-29H,9,13-15H2,1-2H3,(H,24,25)/b4-3+. The molecule has 1 aromatic heterocycles. The molecule has 7 heteroatoms. The quantitative estimate of drug-likeness (QED) is 0.497. The van der Waals surface area contributed by atoms with E-state index in [4.69, 9.17) is 4.74 Å². The minimum absolute atomic E-state index is 0.242. The van der Waals surface area contributed by atoms with Gasteiger partial charge < -0.3 is 19.8 Å². The third kappa shape index (κ3) is 4.64. The fourth-order valence-electron chi connectivity index (χ4n) is 3.61. The van der Waals surface area contributed by atoms with Gasteiger partial charge in [0.2, 0.25) is 0 Å². The van der Waals surface area contributed by atoms with Crippen LogP contribution in [0.2, 0.25) is 0 Å². The molecule has 2 aromatic carbocycles. The van der Waals surface area contributed by atoms with Crippen molar-refractivity contribution in [3.63, 3.8) is 0 Å². The van der Waals surface area contributed by atoms with Crippen LogP contribution in [0.3, 0.4) is 0 Å². The van der Waals surface area contributed by atoms with Crippen LogP contribution >= 0.6 is 0 Å². The van der Waals surface area contributed by atoms with E-state index in [1.807, 2.05) is 55.4 Å². The molecule has 7 nitrogen and oxygen atoms in total. The molecule has 4 rings (SSSR count). The van der Waals surface area contributed by atoms with Gasteiger partial charge in [-0.15, -0.1) is 0 Å². The minimum atomic E-state index is -0.542. The summed E-state index contributed by atoms with van der Waals surface area (Å²) in [7, 11) is 4.00. The Morgan fingerprint density at radius 3 is 2.73 bits per heavy atom. The van der Waals surface area contributed by atoms with Crippen LogP contribution in [-0.2, 0) is 0 Å². The zero-order valence-electron chi connectivity index (χ0n) is 17.3. The molecule has 1 aliphatic heterocycles. The Bertz CT molecular complexity index is 1010. The first kappa shape index (κ1) is 20.4. The number of nitrogens with zero attached hydrogens (tertiary/aromatic N) is 3. The van der Waals surface area contributed by atoms with Crippen LogP contribution in [0, 0.1) is 5.92 Å². The van der Waals surface area contributed by atoms with E-state index in [0.29, 0.717) is 12.5 Å². The summed E-state index contributed by atoms with van der Waals surface area (Å²) in [6.45, 7) is 3.01. The molecule has 1 saturated heterocycles. The number of aromatic nitrogens is 2. The molecule has 3 aromatic rings. The minimum Gasteiger partial charge on any atom is -0.508 e. The maximum atomic E-state index is 10.2. The second-order valence-electron chi connectivity index (χ2n) is 8.09. The normalized spacial score (nSPS) is 16.4. The Morgan fingerprint density at radius 2 is 2.00 bits per heavy atom. The van der Waals surface area contributed by atoms with E-state index < -0.39 is 6.23 Å². The first-order chi connectivity index (χ1) is 14.5. The molecule has 30 heavy (non-hydrogen) atoms. The Kier molecular flexibility index (Phi) is 6.03. The smallest absolute Gasteiger partial charge is 0.130 e. The number of H-pyrrole nitrogens is 1. The lowest BCUT2D eigenvalue weighted by Crippen LogP contribution is -2.53. The molecule has 0 amide bonds. The number of aromatic amines is 1. The van der Waals surface area contributed by atoms with Crippen LogP contribution in [0.5, 0.6) is 11.5 Å². The Labute approximate surface area is 176 Å². The molecule has 0 radical (unpaired) electrons. The average Bonchev–Trinajstić information content (AvgIpc) is 3.15. The van der Waals surface area contributed by atoms with Gasteiger partial charge in [0.25, 0.3) is 0 Å². The Morgan fingerprint density at radius 1 is 1.23 bits per heavy atom. The van der Waals surface area contributed by atoms with Gasteiger partial charge in [0.05, 0.1) is 23.7 Å². The highest BCUT2D eigenvalue weighted by atomic mass is 16.5. The van der Waals surface area contributed by atoms with Crippen molar-refractivity contribution < 1.29 is 14.9 Å². The van der Waals surface area contributed by atoms with E-state index in [1.165, 1.54) is 0 Å². The van der Waals surface area contributed by atoms with Gasteiger partial charge in [-0.05, 0) is 55.6 Å². The van der Waals surface area contributed by atoms with E-state index in [2.05, 4.69) is 15.1 Å². The number of ether oxygens (including phenoxy) is 1. The molecule has 1 fully saturated rings. The monoisotopic (exact) mass is 408 g/mol. The first-order valence-electron chi connectivity index (χ1n) is 10.1. The van der Waals surface area contributed by atoms with E-state index in [1.54, 1.807) is 18.3 Å². The number of phenols is 1. The molecule has 1 unspecified atom stereocenters. The van der Waals surface area contributed by atoms with Gasteiger partial charge in [-0.25, -0.2) is 0 Å². The highest BCUT2D eigenvalue weighted by molar-refractivity contribution is 5.89. The summed E-state index contributed by atoms with van der Waals surface area (Å²) in [4.78, 5) is 4.08. The van der Waals surface area contributed by atoms with Gasteiger partial charge in [0, 0.05) is 25.6 Å². The number of aromatic hydroxyl groups is 1. The van der Waals surface area contributed by atoms with Crippen molar-refractivity contribution in [1.82, 2.24) is 20.0 Å². The van der Waals surface area contributed by atoms with E-state index >= 15 is 0 Å². The maximum Gasteiger partial charge on any atom is 0.130 e. The van der Waals surface area contributed by atoms with Crippen LogP contribution in [0.15, 0.2) is 54.7 Å². The second kappa shape index (κ2) is 8.87. The van der Waals surface area contributed by atoms with Crippen molar-refractivity contribution in [3.05, 3.63) is 54.7 Å². The van der Waals surface area contributed by atoms with Crippen molar-refractivity contribution in [3.8, 4) is 22.6 Å². The molecule has 158 valence electrons. The maximum absolute atomic E-state index is 10.2. The fraction of sp³-hybridized carbons (Fsp3) is 0.348. The van der Waals surface area contributed by atoms with Gasteiger partial charge in [-0.3, -0.25) is 10.00 Å². The van der Waals surface area contributed by atoms with Gasteiger partial charge in [0.15, 0.2) is 0 Å². The van der Waals surface area contributed by atoms with Crippen molar-refractivity contribution in [2.45, 2.75) is 6.23 Å². The molecule has 0 saturated carbocycles. The molecular weight excluding hydrogens is 380 g/mol. The molecule has 0 aliphatic carbocycles. The Balaban J connectivity index is 1.38. The number of likely N-dealkylation sites (tertiary alicyclic amines) is 1. The number of phenolic OH excluding ortho intramolecular Hbond substituents is 1. The number of rotatable bonds is 8. The van der Waals surface area contributed by atoms with Crippen LogP contribution in [0.25, 0.3) is 22.0 Å². The zero-order chi connectivity index (χ0) is 21.1. The summed E-state index contributed by atoms with van der Waals surface area (Å²) >= 11 is 0. The predicted molar refractivity (Wildman–Crippen MR) is 117 cm³/mol. The summed E-state index contributed by atoms with van der Waals surface area (Å²) in [6.07, 6.45) is 5.06. The highest BCUT2D eigenvalue weighted by Crippen LogP contribution is 2.33. The highest BCUT2D eigenvalue weighted by Gasteiger charge is 2.30. The lowest BCUT2D eigenvalue weighted by molar-refractivity contribution is -0.0473. The van der Waals surface area contributed by atoms with Crippen LogP contribution in [-0.4, -0.2) is 76.8 Å². The summed E-state index contributed by atoms with van der Waals surface area (Å²) < 4.78 is 6.17. The van der Waals surface area contributed by atoms with Crippen molar-refractivity contribution in [2.24, 2.45) is 5.92 Å². The molecule has 0 spiro atoms. The van der Waals surface area contributed by atoms with Crippen LogP contribution < -0.4 is 4.74 Å². The number of nitrogens with one attached hydrogen (secondary N) is 1. The summed E-state index contributed by atoms with van der Waals surface area (Å²) in [5, 5.41) is 27.9. The van der Waals surface area contributed by atoms with Gasteiger partial charge in [-0.1, -0.05) is 18.2 Å². The summed E-state index contributed by atoms with van der Waals surface area (Å²) in [5.74, 6) is 1.40. The van der Waals surface area contributed by atoms with E-state index in [9.17, 15) is 10.2 Å². The topological polar surface area (TPSA) is 84.9 Å². The van der Waals surface area contributed by atoms with Crippen LogP contribution in [0.4, 0.5) is 0 Å². The zero-order valence-corrected chi connectivity index (χ0v) is 17.3. The fourth-order valence-corrected chi connectivity index (χ4v) is 3.61. The number of likely N-dealkylation sites (N-methyl/N-ethyl adjacent to an activating group) is 1. The predicted octanol–water partition coefficient (Wildman–Crippen LogP) is 2.68. The second-order valence-corrected chi connectivity index (χ2v) is 8.09. The number of hydrogen-bond donors (Lipinski definition) is 3. The van der Waals surface area contributed by atoms with Crippen molar-refractivity contribution in [2.75, 3.05) is 40.3 Å². The molecule has 1 aliphatic rings. The number of benzene rings is 2.